The van der Waals surface area contributed by atoms with Gasteiger partial charge in [-0.25, -0.2) is 8.42 Å². The lowest BCUT2D eigenvalue weighted by Gasteiger charge is -2.23. The van der Waals surface area contributed by atoms with Gasteiger partial charge in [0.05, 0.1) is 10.6 Å². The minimum absolute atomic E-state index is 0.0153. The second-order valence-electron chi connectivity index (χ2n) is 8.80. The lowest BCUT2D eigenvalue weighted by Crippen LogP contribution is -2.37. The van der Waals surface area contributed by atoms with Crippen LogP contribution >= 0.6 is 0 Å². The molecule has 0 bridgehead atoms. The Bertz CT molecular complexity index is 901. The molecule has 0 unspecified atom stereocenters. The van der Waals surface area contributed by atoms with Crippen LogP contribution in [0.15, 0.2) is 23.1 Å². The first-order valence-corrected chi connectivity index (χ1v) is 12.5. The summed E-state index contributed by atoms with van der Waals surface area (Å²) < 4.78 is 25.6. The second kappa shape index (κ2) is 8.09. The van der Waals surface area contributed by atoms with Crippen LogP contribution in [0.3, 0.4) is 0 Å². The number of carbonyl (C=O) groups is 2. The number of carbonyl (C=O) groups excluding carboxylic acids is 2. The van der Waals surface area contributed by atoms with E-state index >= 15 is 0 Å². The average molecular weight is 419 g/mol. The van der Waals surface area contributed by atoms with E-state index in [0.717, 1.165) is 49.8 Å². The number of rotatable bonds is 6. The summed E-state index contributed by atoms with van der Waals surface area (Å²) in [7, 11) is -3.54. The van der Waals surface area contributed by atoms with E-state index in [1.165, 1.54) is 6.42 Å². The van der Waals surface area contributed by atoms with Gasteiger partial charge in [-0.1, -0.05) is 19.3 Å². The third-order valence-electron chi connectivity index (χ3n) is 6.36. The summed E-state index contributed by atoms with van der Waals surface area (Å²) in [6, 6.07) is 5.28. The van der Waals surface area contributed by atoms with Crippen molar-refractivity contribution in [3.05, 3.63) is 23.8 Å². The maximum atomic E-state index is 12.8. The second-order valence-corrected chi connectivity index (χ2v) is 10.9. The van der Waals surface area contributed by atoms with E-state index in [1.54, 1.807) is 18.2 Å². The summed E-state index contributed by atoms with van der Waals surface area (Å²) in [4.78, 5) is 26.8. The van der Waals surface area contributed by atoms with Gasteiger partial charge in [-0.15, -0.1) is 0 Å². The van der Waals surface area contributed by atoms with E-state index in [4.69, 9.17) is 0 Å². The highest BCUT2D eigenvalue weighted by Gasteiger charge is 2.39. The standard InChI is InChI=1S/C22H30N2O4S/c1-15-13-17-14-19(9-10-20(17)24(15)22(26)16-7-8-16)29(27,28)12-11-21(25)23-18-5-3-2-4-6-18/h9-10,14-16,18H,2-8,11-13H2,1H3,(H,23,25)/t15-/m1/s1. The van der Waals surface area contributed by atoms with Gasteiger partial charge in [-0.05, 0) is 62.8 Å². The third-order valence-corrected chi connectivity index (χ3v) is 8.07. The SMILES string of the molecule is C[C@@H]1Cc2cc(S(=O)(=O)CCC(=O)NC3CCCCC3)ccc2N1C(=O)C1CC1. The maximum absolute atomic E-state index is 12.8. The minimum Gasteiger partial charge on any atom is -0.353 e. The lowest BCUT2D eigenvalue weighted by molar-refractivity contribution is -0.121. The molecule has 1 N–H and O–H groups in total. The van der Waals surface area contributed by atoms with E-state index in [-0.39, 0.29) is 46.9 Å². The molecule has 2 fully saturated rings. The summed E-state index contributed by atoms with van der Waals surface area (Å²) in [5.74, 6) is -0.0814. The summed E-state index contributed by atoms with van der Waals surface area (Å²) in [6.45, 7) is 2.00. The molecular formula is C22H30N2O4S. The third kappa shape index (κ3) is 4.49. The van der Waals surface area contributed by atoms with Crippen LogP contribution < -0.4 is 10.2 Å². The molecule has 4 rings (SSSR count). The van der Waals surface area contributed by atoms with E-state index in [9.17, 15) is 18.0 Å². The Kier molecular flexibility index (Phi) is 5.69. The van der Waals surface area contributed by atoms with Crippen molar-refractivity contribution in [2.45, 2.75) is 81.7 Å². The maximum Gasteiger partial charge on any atom is 0.230 e. The molecule has 0 aromatic heterocycles. The van der Waals surface area contributed by atoms with Gasteiger partial charge in [0, 0.05) is 30.1 Å². The highest BCUT2D eigenvalue weighted by Crippen LogP contribution is 2.39. The fourth-order valence-electron chi connectivity index (χ4n) is 4.56. The van der Waals surface area contributed by atoms with Crippen molar-refractivity contribution in [1.82, 2.24) is 5.32 Å². The molecule has 3 aliphatic rings. The van der Waals surface area contributed by atoms with Crippen molar-refractivity contribution < 1.29 is 18.0 Å². The largest absolute Gasteiger partial charge is 0.353 e. The van der Waals surface area contributed by atoms with E-state index < -0.39 is 9.84 Å². The molecule has 29 heavy (non-hydrogen) atoms. The molecule has 1 aromatic carbocycles. The molecule has 1 aliphatic heterocycles. The van der Waals surface area contributed by atoms with Gasteiger partial charge < -0.3 is 10.2 Å². The molecular weight excluding hydrogens is 388 g/mol. The van der Waals surface area contributed by atoms with E-state index in [1.807, 2.05) is 11.8 Å². The van der Waals surface area contributed by atoms with Crippen LogP contribution in [0.1, 0.15) is 63.9 Å². The Morgan fingerprint density at radius 3 is 2.52 bits per heavy atom. The van der Waals surface area contributed by atoms with Crippen LogP contribution in [-0.2, 0) is 25.8 Å². The Balaban J connectivity index is 1.40. The van der Waals surface area contributed by atoms with Crippen LogP contribution in [0, 0.1) is 5.92 Å². The molecule has 7 heteroatoms. The number of amides is 2. The molecule has 2 aliphatic carbocycles. The van der Waals surface area contributed by atoms with E-state index in [2.05, 4.69) is 5.32 Å². The number of sulfone groups is 1. The molecule has 0 saturated heterocycles. The first-order chi connectivity index (χ1) is 13.8. The van der Waals surface area contributed by atoms with E-state index in [0.29, 0.717) is 6.42 Å². The van der Waals surface area contributed by atoms with Crippen LogP contribution in [0.2, 0.25) is 0 Å². The van der Waals surface area contributed by atoms with Crippen LogP contribution in [0.25, 0.3) is 0 Å². The summed E-state index contributed by atoms with van der Waals surface area (Å²) in [5, 5.41) is 2.98. The number of nitrogens with zero attached hydrogens (tertiary/aromatic N) is 1. The van der Waals surface area contributed by atoms with Gasteiger partial charge in [0.25, 0.3) is 0 Å². The highest BCUT2D eigenvalue weighted by molar-refractivity contribution is 7.91. The molecule has 2 amide bonds. The van der Waals surface area contributed by atoms with Crippen molar-refractivity contribution >= 4 is 27.3 Å². The lowest BCUT2D eigenvalue weighted by atomic mass is 9.95. The van der Waals surface area contributed by atoms with Crippen LogP contribution in [0.5, 0.6) is 0 Å². The number of hydrogen-bond donors (Lipinski definition) is 1. The fraction of sp³-hybridized carbons (Fsp3) is 0.636. The van der Waals surface area contributed by atoms with Gasteiger partial charge in [-0.3, -0.25) is 9.59 Å². The summed E-state index contributed by atoms with van der Waals surface area (Å²) in [6.07, 6.45) is 7.97. The van der Waals surface area contributed by atoms with Gasteiger partial charge in [0.1, 0.15) is 0 Å². The first-order valence-electron chi connectivity index (χ1n) is 10.8. The number of fused-ring (bicyclic) bond motifs is 1. The van der Waals surface area contributed by atoms with Crippen LogP contribution in [-0.4, -0.2) is 38.1 Å². The van der Waals surface area contributed by atoms with Gasteiger partial charge >= 0.3 is 0 Å². The van der Waals surface area contributed by atoms with Gasteiger partial charge in [0.2, 0.25) is 11.8 Å². The predicted molar refractivity (Wildman–Crippen MR) is 112 cm³/mol. The minimum atomic E-state index is -3.54. The molecule has 158 valence electrons. The molecule has 0 radical (unpaired) electrons. The number of hydrogen-bond acceptors (Lipinski definition) is 4. The number of benzene rings is 1. The van der Waals surface area contributed by atoms with Gasteiger partial charge in [0.15, 0.2) is 9.84 Å². The zero-order valence-electron chi connectivity index (χ0n) is 17.0. The Hall–Kier alpha value is -1.89. The smallest absolute Gasteiger partial charge is 0.230 e. The molecule has 1 heterocycles. The quantitative estimate of drug-likeness (QED) is 0.770. The van der Waals surface area contributed by atoms with Gasteiger partial charge in [-0.2, -0.15) is 0 Å². The molecule has 2 saturated carbocycles. The topological polar surface area (TPSA) is 83.6 Å². The summed E-state index contributed by atoms with van der Waals surface area (Å²) in [5.41, 5.74) is 1.74. The molecule has 1 atom stereocenters. The highest BCUT2D eigenvalue weighted by atomic mass is 32.2. The number of nitrogens with one attached hydrogen (secondary N) is 1. The fourth-order valence-corrected chi connectivity index (χ4v) is 5.84. The van der Waals surface area contributed by atoms with Crippen molar-refractivity contribution in [3.8, 4) is 0 Å². The Morgan fingerprint density at radius 1 is 1.10 bits per heavy atom. The van der Waals surface area contributed by atoms with Crippen molar-refractivity contribution in [2.24, 2.45) is 5.92 Å². The zero-order chi connectivity index (χ0) is 20.6. The Labute approximate surface area is 173 Å². The zero-order valence-corrected chi connectivity index (χ0v) is 17.8. The normalized spacial score (nSPS) is 22.4. The van der Waals surface area contributed by atoms with Crippen molar-refractivity contribution in [2.75, 3.05) is 10.7 Å². The van der Waals surface area contributed by atoms with Crippen molar-refractivity contribution in [3.63, 3.8) is 0 Å². The summed E-state index contributed by atoms with van der Waals surface area (Å²) >= 11 is 0. The Morgan fingerprint density at radius 2 is 1.83 bits per heavy atom. The monoisotopic (exact) mass is 418 g/mol. The average Bonchev–Trinajstić information content (AvgIpc) is 3.49. The molecule has 6 nitrogen and oxygen atoms in total. The first kappa shape index (κ1) is 20.4. The predicted octanol–water partition coefficient (Wildman–Crippen LogP) is 2.99. The van der Waals surface area contributed by atoms with Crippen molar-refractivity contribution in [1.29, 1.82) is 0 Å². The molecule has 0 spiro atoms. The number of anilines is 1. The molecule has 1 aromatic rings. The van der Waals surface area contributed by atoms with Crippen LogP contribution in [0.4, 0.5) is 5.69 Å².